The highest BCUT2D eigenvalue weighted by Crippen LogP contribution is 2.29. The molecule has 0 aliphatic heterocycles. The Hall–Kier alpha value is -2.59. The van der Waals surface area contributed by atoms with Gasteiger partial charge in [-0.3, -0.25) is 15.0 Å². The van der Waals surface area contributed by atoms with Crippen LogP contribution in [0.2, 0.25) is 0 Å². The number of aryl methyl sites for hydroxylation is 1. The van der Waals surface area contributed by atoms with E-state index < -0.39 is 15.9 Å². The van der Waals surface area contributed by atoms with Crippen LogP contribution in [0.25, 0.3) is 10.6 Å². The van der Waals surface area contributed by atoms with E-state index in [1.807, 2.05) is 4.83 Å². The number of nitrogens with one attached hydrogen (secondary N) is 1. The van der Waals surface area contributed by atoms with Crippen LogP contribution in [-0.4, -0.2) is 29.7 Å². The lowest BCUT2D eigenvalue weighted by atomic mass is 10.1. The lowest BCUT2D eigenvalue weighted by Gasteiger charge is -2.15. The van der Waals surface area contributed by atoms with E-state index in [2.05, 4.69) is 4.98 Å². The number of benzene rings is 1. The zero-order chi connectivity index (χ0) is 18.7. The Kier molecular flexibility index (Phi) is 5.14. The Morgan fingerprint density at radius 1 is 1.15 bits per heavy atom. The number of amides is 1. The van der Waals surface area contributed by atoms with Crippen LogP contribution in [0.4, 0.5) is 0 Å². The molecule has 26 heavy (non-hydrogen) atoms. The van der Waals surface area contributed by atoms with Gasteiger partial charge >= 0.3 is 0 Å². The molecule has 0 atom stereocenters. The number of hydroxylamine groups is 1. The van der Waals surface area contributed by atoms with Crippen LogP contribution in [0.3, 0.4) is 0 Å². The molecule has 7 nitrogen and oxygen atoms in total. The van der Waals surface area contributed by atoms with Gasteiger partial charge in [-0.25, -0.2) is 8.42 Å². The minimum Gasteiger partial charge on any atom is -0.269 e. The zero-order valence-electron chi connectivity index (χ0n) is 13.7. The standard InChI is InChI=1S/C17H15N3O4S2/c1-12-5-4-6-13(11-12)17(21)20(22)19-26(23,24)16-9-8-15(25-16)14-7-2-3-10-18-14/h2-11,19,22H,1H3. The number of thiophene rings is 1. The third-order valence-corrected chi connectivity index (χ3v) is 6.32. The zero-order valence-corrected chi connectivity index (χ0v) is 15.3. The summed E-state index contributed by atoms with van der Waals surface area (Å²) in [4.78, 5) is 18.8. The molecule has 0 radical (unpaired) electrons. The summed E-state index contributed by atoms with van der Waals surface area (Å²) in [5.41, 5.74) is 1.61. The Balaban J connectivity index is 1.78. The van der Waals surface area contributed by atoms with Gasteiger partial charge in [0.1, 0.15) is 4.21 Å². The van der Waals surface area contributed by atoms with Gasteiger partial charge in [-0.15, -0.1) is 16.5 Å². The second kappa shape index (κ2) is 7.34. The van der Waals surface area contributed by atoms with Gasteiger partial charge < -0.3 is 0 Å². The number of rotatable bonds is 5. The third-order valence-electron chi connectivity index (χ3n) is 3.43. The summed E-state index contributed by atoms with van der Waals surface area (Å²) in [6.07, 6.45) is 1.61. The third kappa shape index (κ3) is 3.97. The fourth-order valence-electron chi connectivity index (χ4n) is 2.21. The van der Waals surface area contributed by atoms with Crippen LogP contribution in [0, 0.1) is 6.92 Å². The quantitative estimate of drug-likeness (QED) is 0.516. The van der Waals surface area contributed by atoms with Gasteiger partial charge in [0.25, 0.3) is 15.9 Å². The van der Waals surface area contributed by atoms with Crippen LogP contribution >= 0.6 is 11.3 Å². The Bertz CT molecular complexity index is 1030. The number of carbonyl (C=O) groups excluding carboxylic acids is 1. The van der Waals surface area contributed by atoms with Gasteiger partial charge in [-0.1, -0.05) is 28.6 Å². The monoisotopic (exact) mass is 389 g/mol. The van der Waals surface area contributed by atoms with Gasteiger partial charge in [0.05, 0.1) is 10.6 Å². The van der Waals surface area contributed by atoms with Crippen LogP contribution in [-0.2, 0) is 10.0 Å². The predicted molar refractivity (Wildman–Crippen MR) is 97.0 cm³/mol. The number of carbonyl (C=O) groups is 1. The predicted octanol–water partition coefficient (Wildman–Crippen LogP) is 2.84. The molecule has 0 unspecified atom stereocenters. The highest BCUT2D eigenvalue weighted by Gasteiger charge is 2.24. The average Bonchev–Trinajstić information content (AvgIpc) is 3.12. The Morgan fingerprint density at radius 3 is 2.65 bits per heavy atom. The van der Waals surface area contributed by atoms with Crippen molar-refractivity contribution >= 4 is 27.3 Å². The first-order valence-corrected chi connectivity index (χ1v) is 9.80. The highest BCUT2D eigenvalue weighted by atomic mass is 32.2. The van der Waals surface area contributed by atoms with E-state index in [4.69, 9.17) is 0 Å². The van der Waals surface area contributed by atoms with Crippen molar-refractivity contribution in [3.63, 3.8) is 0 Å². The summed E-state index contributed by atoms with van der Waals surface area (Å²) < 4.78 is 24.8. The van der Waals surface area contributed by atoms with E-state index >= 15 is 0 Å². The normalized spacial score (nSPS) is 11.3. The van der Waals surface area contributed by atoms with Crippen molar-refractivity contribution in [3.8, 4) is 10.6 Å². The molecule has 2 aromatic heterocycles. The van der Waals surface area contributed by atoms with Crippen molar-refractivity contribution in [1.82, 2.24) is 15.0 Å². The molecule has 0 fully saturated rings. The average molecular weight is 389 g/mol. The van der Waals surface area contributed by atoms with Crippen LogP contribution < -0.4 is 4.83 Å². The second-order valence-corrected chi connectivity index (χ2v) is 8.39. The van der Waals surface area contributed by atoms with Crippen LogP contribution in [0.5, 0.6) is 0 Å². The highest BCUT2D eigenvalue weighted by molar-refractivity contribution is 7.91. The van der Waals surface area contributed by atoms with E-state index in [1.54, 1.807) is 55.6 Å². The first-order chi connectivity index (χ1) is 12.4. The van der Waals surface area contributed by atoms with Gasteiger partial charge in [0.2, 0.25) is 0 Å². The molecule has 0 bridgehead atoms. The van der Waals surface area contributed by atoms with E-state index in [9.17, 15) is 18.4 Å². The van der Waals surface area contributed by atoms with E-state index in [0.29, 0.717) is 10.6 Å². The van der Waals surface area contributed by atoms with Gasteiger partial charge in [0, 0.05) is 11.8 Å². The summed E-state index contributed by atoms with van der Waals surface area (Å²) in [5, 5.41) is 9.85. The van der Waals surface area contributed by atoms with Crippen molar-refractivity contribution in [2.24, 2.45) is 0 Å². The molecule has 1 amide bonds. The van der Waals surface area contributed by atoms with Crippen molar-refractivity contribution < 1.29 is 18.4 Å². The van der Waals surface area contributed by atoms with E-state index in [-0.39, 0.29) is 14.9 Å². The van der Waals surface area contributed by atoms with Crippen molar-refractivity contribution in [3.05, 3.63) is 71.9 Å². The Morgan fingerprint density at radius 2 is 1.96 bits per heavy atom. The molecule has 2 heterocycles. The number of hydrogen-bond donors (Lipinski definition) is 2. The summed E-state index contributed by atoms with van der Waals surface area (Å²) in [7, 11) is -4.11. The first-order valence-electron chi connectivity index (χ1n) is 7.50. The summed E-state index contributed by atoms with van der Waals surface area (Å²) in [5.74, 6) is -0.876. The number of sulfonamides is 1. The molecule has 0 spiro atoms. The minimum atomic E-state index is -4.11. The molecule has 1 aromatic carbocycles. The molecule has 134 valence electrons. The number of hydrogen-bond acceptors (Lipinski definition) is 6. The molecule has 0 saturated heterocycles. The van der Waals surface area contributed by atoms with Gasteiger partial charge in [-0.05, 0) is 43.3 Å². The fraction of sp³-hybridized carbons (Fsp3) is 0.0588. The largest absolute Gasteiger partial charge is 0.293 e. The number of pyridine rings is 1. The lowest BCUT2D eigenvalue weighted by Crippen LogP contribution is -2.43. The van der Waals surface area contributed by atoms with Crippen LogP contribution in [0.15, 0.2) is 65.0 Å². The molecule has 0 saturated carbocycles. The van der Waals surface area contributed by atoms with Crippen molar-refractivity contribution in [1.29, 1.82) is 0 Å². The van der Waals surface area contributed by atoms with Crippen molar-refractivity contribution in [2.45, 2.75) is 11.1 Å². The molecule has 0 aliphatic carbocycles. The smallest absolute Gasteiger partial charge is 0.269 e. The van der Waals surface area contributed by atoms with E-state index in [0.717, 1.165) is 16.9 Å². The molecule has 3 rings (SSSR count). The first kappa shape index (κ1) is 18.2. The molecule has 2 N–H and O–H groups in total. The Labute approximate surface area is 154 Å². The maximum Gasteiger partial charge on any atom is 0.293 e. The topological polar surface area (TPSA) is 99.6 Å². The number of aromatic nitrogens is 1. The summed E-state index contributed by atoms with van der Waals surface area (Å²) in [6.45, 7) is 1.79. The second-order valence-electron chi connectivity index (χ2n) is 5.41. The minimum absolute atomic E-state index is 0.0235. The van der Waals surface area contributed by atoms with Crippen molar-refractivity contribution in [2.75, 3.05) is 0 Å². The fourth-order valence-corrected chi connectivity index (χ4v) is 4.39. The number of nitrogens with zero attached hydrogens (tertiary/aromatic N) is 2. The molecular weight excluding hydrogens is 374 g/mol. The van der Waals surface area contributed by atoms with Gasteiger partial charge in [0.15, 0.2) is 0 Å². The summed E-state index contributed by atoms with van der Waals surface area (Å²) >= 11 is 0.983. The molecule has 3 aromatic rings. The van der Waals surface area contributed by atoms with Crippen LogP contribution in [0.1, 0.15) is 15.9 Å². The van der Waals surface area contributed by atoms with E-state index in [1.165, 1.54) is 12.1 Å². The summed E-state index contributed by atoms with van der Waals surface area (Å²) in [6, 6.07) is 14.8. The maximum absolute atomic E-state index is 12.4. The molecule has 9 heteroatoms. The maximum atomic E-state index is 12.4. The number of hydrazine groups is 1. The SMILES string of the molecule is Cc1cccc(C(=O)N(O)NS(=O)(=O)c2ccc(-c3ccccn3)s2)c1. The lowest BCUT2D eigenvalue weighted by molar-refractivity contribution is -0.0760. The van der Waals surface area contributed by atoms with Gasteiger partial charge in [-0.2, -0.15) is 0 Å². The molecular formula is C17H15N3O4S2. The molecule has 0 aliphatic rings.